The highest BCUT2D eigenvalue weighted by Gasteiger charge is 2.24. The molecule has 1 aliphatic heterocycles. The molecule has 1 saturated heterocycles. The number of aliphatic hydroxyl groups is 1. The molecule has 2 rings (SSSR count). The number of aromatic amines is 1. The van der Waals surface area contributed by atoms with E-state index in [1.165, 1.54) is 12.3 Å². The smallest absolute Gasteiger partial charge is 0.308 e. The second kappa shape index (κ2) is 4.44. The van der Waals surface area contributed by atoms with E-state index in [2.05, 4.69) is 9.88 Å². The number of H-pyrrole nitrogens is 1. The number of pyridine rings is 1. The Balaban J connectivity index is 2.07. The van der Waals surface area contributed by atoms with Gasteiger partial charge in [0.2, 0.25) is 0 Å². The number of piperidine rings is 1. The third-order valence-electron chi connectivity index (χ3n) is 2.80. The topological polar surface area (TPSA) is 80.8 Å². The minimum Gasteiger partial charge on any atom is -0.393 e. The number of hydrogen-bond acceptors (Lipinski definition) is 4. The van der Waals surface area contributed by atoms with E-state index in [0.29, 0.717) is 0 Å². The molecule has 0 saturated carbocycles. The number of nitrogens with zero attached hydrogens (tertiary/aromatic N) is 2. The molecule has 2 N–H and O–H groups in total. The molecule has 0 radical (unpaired) electrons. The van der Waals surface area contributed by atoms with Crippen LogP contribution in [0.15, 0.2) is 18.3 Å². The SMILES string of the molecule is O=[N+]([O-])c1ccc(N2CCC(O)CC2)[nH+]c1. The van der Waals surface area contributed by atoms with Crippen LogP contribution in [0, 0.1) is 10.1 Å². The van der Waals surface area contributed by atoms with Gasteiger partial charge < -0.3 is 5.11 Å². The molecule has 0 bridgehead atoms. The third kappa shape index (κ3) is 2.27. The molecule has 0 amide bonds. The van der Waals surface area contributed by atoms with E-state index in [-0.39, 0.29) is 11.8 Å². The lowest BCUT2D eigenvalue weighted by molar-refractivity contribution is -0.414. The predicted octanol–water partition coefficient (Wildman–Crippen LogP) is 0.370. The van der Waals surface area contributed by atoms with Crippen LogP contribution in [0.1, 0.15) is 12.8 Å². The predicted molar refractivity (Wildman–Crippen MR) is 57.1 cm³/mol. The average molecular weight is 224 g/mol. The molecule has 6 heteroatoms. The van der Waals surface area contributed by atoms with Gasteiger partial charge in [0.05, 0.1) is 24.1 Å². The summed E-state index contributed by atoms with van der Waals surface area (Å²) in [5.74, 6) is 0.859. The van der Waals surface area contributed by atoms with Gasteiger partial charge in [-0.2, -0.15) is 0 Å². The van der Waals surface area contributed by atoms with Crippen LogP contribution in [0.3, 0.4) is 0 Å². The van der Waals surface area contributed by atoms with Crippen molar-refractivity contribution >= 4 is 11.5 Å². The zero-order valence-corrected chi connectivity index (χ0v) is 8.80. The zero-order chi connectivity index (χ0) is 11.5. The fourth-order valence-corrected chi connectivity index (χ4v) is 1.83. The summed E-state index contributed by atoms with van der Waals surface area (Å²) >= 11 is 0. The number of hydrogen-bond donors (Lipinski definition) is 1. The summed E-state index contributed by atoms with van der Waals surface area (Å²) in [5, 5.41) is 19.8. The van der Waals surface area contributed by atoms with Gasteiger partial charge in [0, 0.05) is 25.0 Å². The van der Waals surface area contributed by atoms with E-state index in [1.54, 1.807) is 6.07 Å². The largest absolute Gasteiger partial charge is 0.393 e. The average Bonchev–Trinajstić information content (AvgIpc) is 2.30. The monoisotopic (exact) mass is 224 g/mol. The van der Waals surface area contributed by atoms with Crippen LogP contribution >= 0.6 is 0 Å². The molecule has 86 valence electrons. The van der Waals surface area contributed by atoms with Crippen LogP contribution < -0.4 is 9.88 Å². The van der Waals surface area contributed by atoms with Gasteiger partial charge in [-0.25, -0.2) is 4.98 Å². The molecule has 0 atom stereocenters. The van der Waals surface area contributed by atoms with Crippen LogP contribution in [-0.2, 0) is 0 Å². The molecule has 16 heavy (non-hydrogen) atoms. The molecule has 6 nitrogen and oxygen atoms in total. The zero-order valence-electron chi connectivity index (χ0n) is 8.80. The van der Waals surface area contributed by atoms with E-state index >= 15 is 0 Å². The Morgan fingerprint density at radius 3 is 2.62 bits per heavy atom. The fraction of sp³-hybridized carbons (Fsp3) is 0.500. The Kier molecular flexibility index (Phi) is 3.00. The summed E-state index contributed by atoms with van der Waals surface area (Å²) in [6.07, 6.45) is 2.66. The van der Waals surface area contributed by atoms with Crippen molar-refractivity contribution in [3.63, 3.8) is 0 Å². The van der Waals surface area contributed by atoms with Crippen molar-refractivity contribution in [1.82, 2.24) is 0 Å². The number of aromatic nitrogens is 1. The fourth-order valence-electron chi connectivity index (χ4n) is 1.83. The van der Waals surface area contributed by atoms with Gasteiger partial charge >= 0.3 is 5.69 Å². The molecule has 0 aromatic carbocycles. The molecule has 1 aromatic heterocycles. The van der Waals surface area contributed by atoms with Gasteiger partial charge in [-0.1, -0.05) is 0 Å². The van der Waals surface area contributed by atoms with Gasteiger partial charge in [0.1, 0.15) is 0 Å². The first-order valence-corrected chi connectivity index (χ1v) is 5.26. The van der Waals surface area contributed by atoms with Crippen LogP contribution in [0.5, 0.6) is 0 Å². The second-order valence-electron chi connectivity index (χ2n) is 3.91. The summed E-state index contributed by atoms with van der Waals surface area (Å²) in [4.78, 5) is 15.0. The van der Waals surface area contributed by atoms with Gasteiger partial charge in [-0.3, -0.25) is 15.0 Å². The molecule has 1 fully saturated rings. The standard InChI is InChI=1S/C10H13N3O3/c14-9-3-5-12(6-4-9)10-2-1-8(7-11-10)13(15)16/h1-2,7,9,14H,3-6H2/p+1. The minimum atomic E-state index is -0.430. The number of rotatable bonds is 2. The quantitative estimate of drug-likeness (QED) is 0.581. The van der Waals surface area contributed by atoms with Crippen molar-refractivity contribution in [2.24, 2.45) is 0 Å². The van der Waals surface area contributed by atoms with Crippen molar-refractivity contribution in [2.75, 3.05) is 18.0 Å². The summed E-state index contributed by atoms with van der Waals surface area (Å²) in [6, 6.07) is 3.19. The molecule has 0 spiro atoms. The Morgan fingerprint density at radius 2 is 2.12 bits per heavy atom. The van der Waals surface area contributed by atoms with Crippen LogP contribution in [0.2, 0.25) is 0 Å². The van der Waals surface area contributed by atoms with E-state index < -0.39 is 4.92 Å². The third-order valence-corrected chi connectivity index (χ3v) is 2.80. The lowest BCUT2D eigenvalue weighted by Gasteiger charge is -2.24. The maximum Gasteiger partial charge on any atom is 0.308 e. The van der Waals surface area contributed by atoms with E-state index in [9.17, 15) is 15.2 Å². The molecular formula is C10H14N3O3+. The van der Waals surface area contributed by atoms with Crippen molar-refractivity contribution in [1.29, 1.82) is 0 Å². The molecule has 2 heterocycles. The van der Waals surface area contributed by atoms with Crippen molar-refractivity contribution in [2.45, 2.75) is 18.9 Å². The van der Waals surface area contributed by atoms with E-state index in [4.69, 9.17) is 0 Å². The van der Waals surface area contributed by atoms with Crippen LogP contribution in [-0.4, -0.2) is 29.2 Å². The van der Waals surface area contributed by atoms with Crippen molar-refractivity contribution in [3.05, 3.63) is 28.4 Å². The van der Waals surface area contributed by atoms with Crippen LogP contribution in [0.25, 0.3) is 0 Å². The second-order valence-corrected chi connectivity index (χ2v) is 3.91. The minimum absolute atomic E-state index is 0.0563. The summed E-state index contributed by atoms with van der Waals surface area (Å²) in [6.45, 7) is 1.55. The molecular weight excluding hydrogens is 210 g/mol. The number of anilines is 1. The maximum atomic E-state index is 10.5. The summed E-state index contributed by atoms with van der Waals surface area (Å²) in [7, 11) is 0. The first kappa shape index (κ1) is 10.8. The molecule has 1 aliphatic rings. The highest BCUT2D eigenvalue weighted by Crippen LogP contribution is 2.17. The molecule has 1 aromatic rings. The van der Waals surface area contributed by atoms with Gasteiger partial charge in [-0.15, -0.1) is 0 Å². The Bertz CT molecular complexity index is 371. The van der Waals surface area contributed by atoms with E-state index in [0.717, 1.165) is 31.7 Å². The Morgan fingerprint density at radius 1 is 1.44 bits per heavy atom. The molecule has 0 aliphatic carbocycles. The Hall–Kier alpha value is -1.69. The summed E-state index contributed by atoms with van der Waals surface area (Å²) in [5.41, 5.74) is 0.0563. The normalized spacial score (nSPS) is 17.4. The number of aliphatic hydroxyl groups excluding tert-OH is 1. The van der Waals surface area contributed by atoms with Crippen LogP contribution in [0.4, 0.5) is 11.5 Å². The maximum absolute atomic E-state index is 10.5. The highest BCUT2D eigenvalue weighted by molar-refractivity contribution is 5.37. The number of nitrogens with one attached hydrogen (secondary N) is 1. The first-order valence-electron chi connectivity index (χ1n) is 5.26. The van der Waals surface area contributed by atoms with Gasteiger partial charge in [0.15, 0.2) is 6.20 Å². The molecule has 0 unspecified atom stereocenters. The lowest BCUT2D eigenvalue weighted by atomic mass is 10.1. The van der Waals surface area contributed by atoms with E-state index in [1.807, 2.05) is 0 Å². The van der Waals surface area contributed by atoms with Crippen molar-refractivity contribution < 1.29 is 15.0 Å². The first-order chi connectivity index (χ1) is 7.66. The van der Waals surface area contributed by atoms with Crippen molar-refractivity contribution in [3.8, 4) is 0 Å². The highest BCUT2D eigenvalue weighted by atomic mass is 16.6. The van der Waals surface area contributed by atoms with Gasteiger partial charge in [-0.05, 0) is 0 Å². The lowest BCUT2D eigenvalue weighted by Crippen LogP contribution is -2.38. The summed E-state index contributed by atoms with van der Waals surface area (Å²) < 4.78 is 0. The van der Waals surface area contributed by atoms with Gasteiger partial charge in [0.25, 0.3) is 5.82 Å². The number of nitro groups is 1. The Labute approximate surface area is 92.7 Å².